The predicted molar refractivity (Wildman–Crippen MR) is 120 cm³/mol. The Morgan fingerprint density at radius 2 is 2.00 bits per heavy atom. The van der Waals surface area contributed by atoms with E-state index in [1.807, 2.05) is 25.2 Å². The third kappa shape index (κ3) is 3.56. The molecule has 1 N–H and O–H groups in total. The second-order valence-electron chi connectivity index (χ2n) is 7.86. The number of rotatable bonds is 5. The maximum absolute atomic E-state index is 6.38. The van der Waals surface area contributed by atoms with Crippen molar-refractivity contribution in [2.75, 3.05) is 38.8 Å². The number of methoxy groups -OCH3 is 1. The molecule has 1 aromatic heterocycles. The van der Waals surface area contributed by atoms with Gasteiger partial charge in [-0.15, -0.1) is 0 Å². The number of aromatic nitrogens is 1. The number of nitrogens with one attached hydrogen (secondary N) is 1. The molecular weight excluding hydrogens is 398 g/mol. The zero-order chi connectivity index (χ0) is 20.5. The van der Waals surface area contributed by atoms with Crippen molar-refractivity contribution in [3.8, 4) is 17.2 Å². The number of para-hydroxylation sites is 2. The van der Waals surface area contributed by atoms with E-state index in [1.165, 1.54) is 4.70 Å². The zero-order valence-corrected chi connectivity index (χ0v) is 18.2. The number of likely N-dealkylation sites (N-methyl/N-ethyl adjacent to an activating group) is 1. The molecule has 2 aromatic carbocycles. The number of thiazole rings is 1. The van der Waals surface area contributed by atoms with Crippen LogP contribution in [0.1, 0.15) is 12.8 Å². The fourth-order valence-corrected chi connectivity index (χ4v) is 5.61. The number of benzene rings is 2. The lowest BCUT2D eigenvalue weighted by Gasteiger charge is -2.40. The van der Waals surface area contributed by atoms with Crippen LogP contribution in [0.2, 0.25) is 0 Å². The second kappa shape index (κ2) is 8.32. The molecule has 2 aliphatic rings. The van der Waals surface area contributed by atoms with E-state index in [2.05, 4.69) is 34.5 Å². The van der Waals surface area contributed by atoms with Gasteiger partial charge in [0.1, 0.15) is 12.7 Å². The number of nitrogens with zero attached hydrogens (tertiary/aromatic N) is 2. The number of ether oxygens (including phenoxy) is 3. The first-order valence-corrected chi connectivity index (χ1v) is 11.3. The number of hydrogen-bond acceptors (Lipinski definition) is 7. The van der Waals surface area contributed by atoms with Gasteiger partial charge in [-0.25, -0.2) is 4.98 Å². The largest absolute Gasteiger partial charge is 0.493 e. The van der Waals surface area contributed by atoms with Crippen LogP contribution < -0.4 is 24.4 Å². The third-order valence-electron chi connectivity index (χ3n) is 6.17. The molecule has 0 saturated carbocycles. The summed E-state index contributed by atoms with van der Waals surface area (Å²) < 4.78 is 19.1. The van der Waals surface area contributed by atoms with Crippen molar-refractivity contribution in [1.82, 2.24) is 10.3 Å². The van der Waals surface area contributed by atoms with Crippen LogP contribution in [0.4, 0.5) is 5.13 Å². The molecule has 2 aliphatic heterocycles. The average Bonchev–Trinajstić information content (AvgIpc) is 3.24. The van der Waals surface area contributed by atoms with Crippen LogP contribution in [0, 0.1) is 5.92 Å². The van der Waals surface area contributed by atoms with Crippen LogP contribution in [0.5, 0.6) is 17.2 Å². The first-order valence-electron chi connectivity index (χ1n) is 10.5. The van der Waals surface area contributed by atoms with Crippen molar-refractivity contribution < 1.29 is 14.2 Å². The van der Waals surface area contributed by atoms with Crippen molar-refractivity contribution in [2.24, 2.45) is 5.92 Å². The first-order chi connectivity index (χ1) is 14.8. The van der Waals surface area contributed by atoms with Crippen molar-refractivity contribution in [3.63, 3.8) is 0 Å². The molecule has 2 atom stereocenters. The fourth-order valence-electron chi connectivity index (χ4n) is 4.59. The van der Waals surface area contributed by atoms with Gasteiger partial charge >= 0.3 is 0 Å². The van der Waals surface area contributed by atoms with Gasteiger partial charge in [0, 0.05) is 13.1 Å². The standard InChI is InChI=1S/C23H27N3O3S/c1-24-21(19-14-28-18-8-5-7-17(27-2)22(18)29-19)15-10-12-26(13-11-15)23-25-16-6-3-4-9-20(16)30-23/h3-9,15,19,21,24H,10-14H2,1-2H3. The summed E-state index contributed by atoms with van der Waals surface area (Å²) in [4.78, 5) is 7.25. The van der Waals surface area contributed by atoms with Gasteiger partial charge in [-0.05, 0) is 50.1 Å². The molecule has 158 valence electrons. The van der Waals surface area contributed by atoms with E-state index in [9.17, 15) is 0 Å². The highest BCUT2D eigenvalue weighted by Gasteiger charge is 2.36. The Morgan fingerprint density at radius 3 is 2.77 bits per heavy atom. The smallest absolute Gasteiger partial charge is 0.204 e. The lowest BCUT2D eigenvalue weighted by Crippen LogP contribution is -2.53. The van der Waals surface area contributed by atoms with Gasteiger partial charge in [-0.1, -0.05) is 29.5 Å². The van der Waals surface area contributed by atoms with E-state index in [0.717, 1.165) is 48.1 Å². The monoisotopic (exact) mass is 425 g/mol. The highest BCUT2D eigenvalue weighted by Crippen LogP contribution is 2.41. The van der Waals surface area contributed by atoms with Gasteiger partial charge in [-0.3, -0.25) is 0 Å². The molecular formula is C23H27N3O3S. The number of fused-ring (bicyclic) bond motifs is 2. The van der Waals surface area contributed by atoms with Gasteiger partial charge in [0.2, 0.25) is 5.75 Å². The third-order valence-corrected chi connectivity index (χ3v) is 7.27. The fraction of sp³-hybridized carbons (Fsp3) is 0.435. The number of hydrogen-bond donors (Lipinski definition) is 1. The van der Waals surface area contributed by atoms with Crippen molar-refractivity contribution in [2.45, 2.75) is 25.0 Å². The Balaban J connectivity index is 1.26. The molecule has 5 rings (SSSR count). The Kier molecular flexibility index (Phi) is 5.39. The molecule has 0 bridgehead atoms. The minimum absolute atomic E-state index is 0.0437. The van der Waals surface area contributed by atoms with Gasteiger partial charge < -0.3 is 24.4 Å². The van der Waals surface area contributed by atoms with Crippen molar-refractivity contribution in [1.29, 1.82) is 0 Å². The van der Waals surface area contributed by atoms with E-state index >= 15 is 0 Å². The molecule has 0 radical (unpaired) electrons. The average molecular weight is 426 g/mol. The summed E-state index contributed by atoms with van der Waals surface area (Å²) in [6.45, 7) is 2.57. The molecule has 0 spiro atoms. The Hall–Kier alpha value is -2.51. The summed E-state index contributed by atoms with van der Waals surface area (Å²) in [6.07, 6.45) is 2.15. The van der Waals surface area contributed by atoms with Crippen LogP contribution in [-0.4, -0.2) is 51.0 Å². The SMILES string of the molecule is CNC(C1CCN(c2nc3ccccc3s2)CC1)C1COc2cccc(OC)c2O1. The van der Waals surface area contributed by atoms with Crippen LogP contribution in [-0.2, 0) is 0 Å². The zero-order valence-electron chi connectivity index (χ0n) is 17.3. The van der Waals surface area contributed by atoms with E-state index in [4.69, 9.17) is 19.2 Å². The van der Waals surface area contributed by atoms with E-state index in [0.29, 0.717) is 18.3 Å². The summed E-state index contributed by atoms with van der Waals surface area (Å²) in [5, 5.41) is 4.64. The van der Waals surface area contributed by atoms with Gasteiger partial charge in [0.05, 0.1) is 23.4 Å². The van der Waals surface area contributed by atoms with Gasteiger partial charge in [-0.2, -0.15) is 0 Å². The quantitative estimate of drug-likeness (QED) is 0.668. The summed E-state index contributed by atoms with van der Waals surface area (Å²) in [5.74, 6) is 2.71. The molecule has 1 fully saturated rings. The Labute approximate surface area is 180 Å². The Morgan fingerprint density at radius 1 is 1.17 bits per heavy atom. The summed E-state index contributed by atoms with van der Waals surface area (Å²) >= 11 is 1.78. The molecule has 2 unspecified atom stereocenters. The lowest BCUT2D eigenvalue weighted by molar-refractivity contribution is 0.0391. The van der Waals surface area contributed by atoms with E-state index in [-0.39, 0.29) is 12.1 Å². The minimum atomic E-state index is -0.0437. The maximum Gasteiger partial charge on any atom is 0.204 e. The highest BCUT2D eigenvalue weighted by molar-refractivity contribution is 7.22. The molecule has 3 heterocycles. The van der Waals surface area contributed by atoms with Gasteiger partial charge in [0.15, 0.2) is 16.6 Å². The van der Waals surface area contributed by atoms with E-state index < -0.39 is 0 Å². The van der Waals surface area contributed by atoms with Crippen LogP contribution in [0.3, 0.4) is 0 Å². The molecule has 30 heavy (non-hydrogen) atoms. The molecule has 6 nitrogen and oxygen atoms in total. The topological polar surface area (TPSA) is 55.9 Å². The first kappa shape index (κ1) is 19.5. The van der Waals surface area contributed by atoms with Crippen molar-refractivity contribution >= 4 is 26.7 Å². The summed E-state index contributed by atoms with van der Waals surface area (Å²) in [5.41, 5.74) is 1.09. The molecule has 1 saturated heterocycles. The normalized spacial score (nSPS) is 20.3. The highest BCUT2D eigenvalue weighted by atomic mass is 32.1. The second-order valence-corrected chi connectivity index (χ2v) is 8.87. The maximum atomic E-state index is 6.38. The van der Waals surface area contributed by atoms with Gasteiger partial charge in [0.25, 0.3) is 0 Å². The molecule has 3 aromatic rings. The lowest BCUT2D eigenvalue weighted by atomic mass is 9.86. The van der Waals surface area contributed by atoms with Crippen LogP contribution in [0.15, 0.2) is 42.5 Å². The van der Waals surface area contributed by atoms with Crippen molar-refractivity contribution in [3.05, 3.63) is 42.5 Å². The summed E-state index contributed by atoms with van der Waals surface area (Å²) in [7, 11) is 3.68. The molecule has 7 heteroatoms. The molecule has 0 aliphatic carbocycles. The number of piperidine rings is 1. The van der Waals surface area contributed by atoms with Crippen LogP contribution in [0.25, 0.3) is 10.2 Å². The summed E-state index contributed by atoms with van der Waals surface area (Å²) in [6, 6.07) is 14.4. The minimum Gasteiger partial charge on any atom is -0.493 e. The predicted octanol–water partition coefficient (Wildman–Crippen LogP) is 3.95. The molecule has 0 amide bonds. The van der Waals surface area contributed by atoms with E-state index in [1.54, 1.807) is 18.4 Å². The van der Waals surface area contributed by atoms with Crippen LogP contribution >= 0.6 is 11.3 Å². The number of anilines is 1. The Bertz CT molecular complexity index is 969.